The van der Waals surface area contributed by atoms with Crippen LogP contribution in [0.5, 0.6) is 5.75 Å². The zero-order valence-corrected chi connectivity index (χ0v) is 12.5. The van der Waals surface area contributed by atoms with Gasteiger partial charge in [0.25, 0.3) is 0 Å². The van der Waals surface area contributed by atoms with Gasteiger partial charge in [0.2, 0.25) is 0 Å². The third kappa shape index (κ3) is 2.40. The topological polar surface area (TPSA) is 26.3 Å². The molecule has 2 aromatic carbocycles. The first kappa shape index (κ1) is 13.5. The molecule has 1 fully saturated rings. The summed E-state index contributed by atoms with van der Waals surface area (Å²) in [6.07, 6.45) is 1.75. The van der Waals surface area contributed by atoms with Gasteiger partial charge in [-0.2, -0.15) is 0 Å². The molecule has 1 aliphatic rings. The van der Waals surface area contributed by atoms with Crippen LogP contribution in [0.1, 0.15) is 12.8 Å². The van der Waals surface area contributed by atoms with Crippen molar-refractivity contribution in [1.29, 1.82) is 0 Å². The van der Waals surface area contributed by atoms with E-state index in [4.69, 9.17) is 4.74 Å². The molecule has 0 bridgehead atoms. The van der Waals surface area contributed by atoms with Crippen molar-refractivity contribution in [2.45, 2.75) is 12.8 Å². The summed E-state index contributed by atoms with van der Waals surface area (Å²) < 4.78 is 20.8. The molecule has 110 valence electrons. The summed E-state index contributed by atoms with van der Waals surface area (Å²) in [4.78, 5) is 11.6. The average Bonchev–Trinajstić information content (AvgIpc) is 3.28. The lowest BCUT2D eigenvalue weighted by molar-refractivity contribution is -0.135. The quantitative estimate of drug-likeness (QED) is 0.501. The third-order valence-electron chi connectivity index (χ3n) is 3.84. The number of carbonyl (C=O) groups excluding carboxylic acids is 1. The van der Waals surface area contributed by atoms with Gasteiger partial charge in [-0.1, -0.05) is 18.2 Å². The van der Waals surface area contributed by atoms with E-state index in [-0.39, 0.29) is 23.5 Å². The molecule has 3 aromatic rings. The highest BCUT2D eigenvalue weighted by Gasteiger charge is 2.31. The Morgan fingerprint density at radius 2 is 1.95 bits per heavy atom. The minimum absolute atomic E-state index is 0.00329. The van der Waals surface area contributed by atoms with E-state index in [9.17, 15) is 9.18 Å². The molecule has 0 spiro atoms. The molecule has 1 saturated carbocycles. The molecule has 1 aliphatic carbocycles. The van der Waals surface area contributed by atoms with Crippen molar-refractivity contribution in [2.75, 3.05) is 0 Å². The third-order valence-corrected chi connectivity index (χ3v) is 4.80. The summed E-state index contributed by atoms with van der Waals surface area (Å²) >= 11 is 1.59. The Kier molecular flexibility index (Phi) is 3.19. The smallest absolute Gasteiger partial charge is 0.314 e. The van der Waals surface area contributed by atoms with Gasteiger partial charge >= 0.3 is 5.97 Å². The van der Waals surface area contributed by atoms with E-state index < -0.39 is 0 Å². The van der Waals surface area contributed by atoms with Crippen molar-refractivity contribution in [1.82, 2.24) is 0 Å². The number of esters is 1. The van der Waals surface area contributed by atoms with Crippen molar-refractivity contribution < 1.29 is 13.9 Å². The molecule has 0 N–H and O–H groups in total. The number of hydrogen-bond donors (Lipinski definition) is 0. The van der Waals surface area contributed by atoms with Crippen LogP contribution in [-0.2, 0) is 4.79 Å². The van der Waals surface area contributed by atoms with Gasteiger partial charge < -0.3 is 4.74 Å². The van der Waals surface area contributed by atoms with E-state index in [2.05, 4.69) is 0 Å². The molecule has 1 heterocycles. The van der Waals surface area contributed by atoms with Crippen molar-refractivity contribution in [2.24, 2.45) is 5.92 Å². The standard InChI is InChI=1S/C18H13FO2S/c19-16-9-12(21-18(20)11-5-6-11)7-8-13(16)15-10-22-17-4-2-1-3-14(15)17/h1-4,7-11H,5-6H2. The summed E-state index contributed by atoms with van der Waals surface area (Å²) in [7, 11) is 0. The molecule has 2 nitrogen and oxygen atoms in total. The largest absolute Gasteiger partial charge is 0.426 e. The fourth-order valence-electron chi connectivity index (χ4n) is 2.48. The molecular formula is C18H13FO2S. The summed E-state index contributed by atoms with van der Waals surface area (Å²) in [6.45, 7) is 0. The number of thiophene rings is 1. The van der Waals surface area contributed by atoms with Crippen LogP contribution in [0, 0.1) is 11.7 Å². The Labute approximate surface area is 131 Å². The molecule has 0 saturated heterocycles. The van der Waals surface area contributed by atoms with Crippen LogP contribution in [-0.4, -0.2) is 5.97 Å². The molecule has 0 unspecified atom stereocenters. The second-order valence-corrected chi connectivity index (χ2v) is 6.39. The number of ether oxygens (including phenoxy) is 1. The fourth-order valence-corrected chi connectivity index (χ4v) is 3.44. The minimum atomic E-state index is -0.371. The van der Waals surface area contributed by atoms with Crippen LogP contribution in [0.15, 0.2) is 47.8 Å². The SMILES string of the molecule is O=C(Oc1ccc(-c2csc3ccccc23)c(F)c1)C1CC1. The normalized spacial score (nSPS) is 14.2. The molecule has 0 amide bonds. The van der Waals surface area contributed by atoms with Crippen LogP contribution < -0.4 is 4.74 Å². The minimum Gasteiger partial charge on any atom is -0.426 e. The van der Waals surface area contributed by atoms with Crippen molar-refractivity contribution in [3.8, 4) is 16.9 Å². The van der Waals surface area contributed by atoms with Gasteiger partial charge in [0.15, 0.2) is 0 Å². The van der Waals surface area contributed by atoms with Crippen LogP contribution >= 0.6 is 11.3 Å². The predicted octanol–water partition coefficient (Wildman–Crippen LogP) is 5.02. The maximum Gasteiger partial charge on any atom is 0.314 e. The number of fused-ring (bicyclic) bond motifs is 1. The lowest BCUT2D eigenvalue weighted by Gasteiger charge is -2.06. The second-order valence-electron chi connectivity index (χ2n) is 5.48. The monoisotopic (exact) mass is 312 g/mol. The summed E-state index contributed by atoms with van der Waals surface area (Å²) in [5, 5.41) is 2.99. The summed E-state index contributed by atoms with van der Waals surface area (Å²) in [5.41, 5.74) is 1.40. The number of halogens is 1. The van der Waals surface area contributed by atoms with E-state index >= 15 is 0 Å². The highest BCUT2D eigenvalue weighted by atomic mass is 32.1. The van der Waals surface area contributed by atoms with Crippen molar-refractivity contribution >= 4 is 27.4 Å². The lowest BCUT2D eigenvalue weighted by atomic mass is 10.0. The highest BCUT2D eigenvalue weighted by molar-refractivity contribution is 7.17. The molecule has 0 aliphatic heterocycles. The van der Waals surface area contributed by atoms with Gasteiger partial charge in [-0.25, -0.2) is 4.39 Å². The Morgan fingerprint density at radius 1 is 1.14 bits per heavy atom. The Balaban J connectivity index is 1.69. The lowest BCUT2D eigenvalue weighted by Crippen LogP contribution is -2.09. The zero-order valence-electron chi connectivity index (χ0n) is 11.7. The number of hydrogen-bond acceptors (Lipinski definition) is 3. The van der Waals surface area contributed by atoms with Gasteiger partial charge in [0.05, 0.1) is 5.92 Å². The van der Waals surface area contributed by atoms with Crippen LogP contribution in [0.2, 0.25) is 0 Å². The first-order valence-corrected chi connectivity index (χ1v) is 8.08. The van der Waals surface area contributed by atoms with Crippen LogP contribution in [0.4, 0.5) is 4.39 Å². The van der Waals surface area contributed by atoms with E-state index in [1.54, 1.807) is 23.5 Å². The Hall–Kier alpha value is -2.20. The molecule has 0 radical (unpaired) electrons. The first-order valence-electron chi connectivity index (χ1n) is 7.20. The van der Waals surface area contributed by atoms with Crippen LogP contribution in [0.25, 0.3) is 21.2 Å². The number of benzene rings is 2. The van der Waals surface area contributed by atoms with Crippen LogP contribution in [0.3, 0.4) is 0 Å². The summed E-state index contributed by atoms with van der Waals surface area (Å²) in [6, 6.07) is 12.6. The highest BCUT2D eigenvalue weighted by Crippen LogP contribution is 2.36. The average molecular weight is 312 g/mol. The molecule has 4 heteroatoms. The number of carbonyl (C=O) groups is 1. The number of rotatable bonds is 3. The molecule has 4 rings (SSSR count). The van der Waals surface area contributed by atoms with Gasteiger partial charge in [0.1, 0.15) is 11.6 Å². The van der Waals surface area contributed by atoms with Gasteiger partial charge in [-0.15, -0.1) is 11.3 Å². The molecule has 1 aromatic heterocycles. The van der Waals surface area contributed by atoms with Crippen molar-refractivity contribution in [3.63, 3.8) is 0 Å². The fraction of sp³-hybridized carbons (Fsp3) is 0.167. The molecule has 22 heavy (non-hydrogen) atoms. The van der Waals surface area contributed by atoms with E-state index in [0.29, 0.717) is 5.56 Å². The van der Waals surface area contributed by atoms with Gasteiger partial charge in [0, 0.05) is 27.3 Å². The predicted molar refractivity (Wildman–Crippen MR) is 85.6 cm³/mol. The molecular weight excluding hydrogens is 299 g/mol. The van der Waals surface area contributed by atoms with E-state index in [0.717, 1.165) is 28.5 Å². The molecule has 0 atom stereocenters. The Bertz CT molecular complexity index is 864. The first-order chi connectivity index (χ1) is 10.7. The maximum absolute atomic E-state index is 14.4. The second kappa shape index (κ2) is 5.21. The van der Waals surface area contributed by atoms with Gasteiger partial charge in [-0.3, -0.25) is 4.79 Å². The zero-order chi connectivity index (χ0) is 15.1. The van der Waals surface area contributed by atoms with E-state index in [1.165, 1.54) is 6.07 Å². The van der Waals surface area contributed by atoms with Crippen molar-refractivity contribution in [3.05, 3.63) is 53.7 Å². The Morgan fingerprint density at radius 3 is 2.73 bits per heavy atom. The maximum atomic E-state index is 14.4. The van der Waals surface area contributed by atoms with Gasteiger partial charge in [-0.05, 0) is 36.4 Å². The van der Waals surface area contributed by atoms with E-state index in [1.807, 2.05) is 29.6 Å². The summed E-state index contributed by atoms with van der Waals surface area (Å²) in [5.74, 6) is -0.348.